The number of nitrogens with zero attached hydrogens (tertiary/aromatic N) is 1. The Hall–Kier alpha value is -0.220. The van der Waals surface area contributed by atoms with Gasteiger partial charge in [0.15, 0.2) is 0 Å². The van der Waals surface area contributed by atoms with Crippen molar-refractivity contribution in [2.45, 2.75) is 43.4 Å². The summed E-state index contributed by atoms with van der Waals surface area (Å²) < 4.78 is 0. The van der Waals surface area contributed by atoms with Crippen molar-refractivity contribution in [3.63, 3.8) is 0 Å². The van der Waals surface area contributed by atoms with Gasteiger partial charge in [-0.3, -0.25) is 4.79 Å². The SMILES string of the molecule is CNC1CCCN(CC2CCCCS2)C1=O. The smallest absolute Gasteiger partial charge is 0.239 e. The van der Waals surface area contributed by atoms with Crippen molar-refractivity contribution in [2.75, 3.05) is 25.9 Å². The predicted molar refractivity (Wildman–Crippen MR) is 68.8 cm³/mol. The molecule has 0 spiro atoms. The van der Waals surface area contributed by atoms with E-state index < -0.39 is 0 Å². The molecule has 2 fully saturated rings. The van der Waals surface area contributed by atoms with Crippen molar-refractivity contribution in [3.8, 4) is 0 Å². The van der Waals surface area contributed by atoms with Crippen LogP contribution < -0.4 is 5.32 Å². The molecule has 0 aliphatic carbocycles. The van der Waals surface area contributed by atoms with E-state index in [4.69, 9.17) is 0 Å². The Bertz CT molecular complexity index is 241. The van der Waals surface area contributed by atoms with Gasteiger partial charge in [-0.2, -0.15) is 11.8 Å². The van der Waals surface area contributed by atoms with Crippen LogP contribution in [0.25, 0.3) is 0 Å². The molecule has 16 heavy (non-hydrogen) atoms. The molecule has 0 aromatic heterocycles. The Labute approximate surface area is 102 Å². The zero-order valence-electron chi connectivity index (χ0n) is 10.1. The Morgan fingerprint density at radius 2 is 2.25 bits per heavy atom. The molecule has 0 aromatic carbocycles. The molecule has 2 aliphatic heterocycles. The van der Waals surface area contributed by atoms with E-state index in [1.54, 1.807) is 0 Å². The van der Waals surface area contributed by atoms with Gasteiger partial charge in [-0.05, 0) is 38.5 Å². The van der Waals surface area contributed by atoms with Gasteiger partial charge in [0.1, 0.15) is 0 Å². The number of carbonyl (C=O) groups is 1. The third kappa shape index (κ3) is 2.92. The summed E-state index contributed by atoms with van der Waals surface area (Å²) in [5.41, 5.74) is 0. The van der Waals surface area contributed by atoms with Crippen LogP contribution in [0.1, 0.15) is 32.1 Å². The first-order chi connectivity index (χ1) is 7.81. The Morgan fingerprint density at radius 3 is 2.94 bits per heavy atom. The van der Waals surface area contributed by atoms with Crippen LogP contribution in [0.2, 0.25) is 0 Å². The third-order valence-corrected chi connectivity index (χ3v) is 4.96. The van der Waals surface area contributed by atoms with Gasteiger partial charge >= 0.3 is 0 Å². The van der Waals surface area contributed by atoms with Gasteiger partial charge in [0, 0.05) is 18.3 Å². The number of amides is 1. The number of rotatable bonds is 3. The van der Waals surface area contributed by atoms with Gasteiger partial charge in [0.2, 0.25) is 5.91 Å². The minimum Gasteiger partial charge on any atom is -0.340 e. The lowest BCUT2D eigenvalue weighted by molar-refractivity contribution is -0.135. The van der Waals surface area contributed by atoms with Crippen LogP contribution in [0.3, 0.4) is 0 Å². The molecule has 0 aromatic rings. The van der Waals surface area contributed by atoms with E-state index in [2.05, 4.69) is 22.0 Å². The fourth-order valence-corrected chi connectivity index (χ4v) is 3.91. The number of thioether (sulfide) groups is 1. The summed E-state index contributed by atoms with van der Waals surface area (Å²) in [5.74, 6) is 1.60. The van der Waals surface area contributed by atoms with E-state index >= 15 is 0 Å². The number of carbonyl (C=O) groups excluding carboxylic acids is 1. The zero-order valence-corrected chi connectivity index (χ0v) is 10.9. The predicted octanol–water partition coefficient (Wildman–Crippen LogP) is 1.48. The number of likely N-dealkylation sites (tertiary alicyclic amines) is 1. The summed E-state index contributed by atoms with van der Waals surface area (Å²) in [6, 6.07) is 0.0716. The van der Waals surface area contributed by atoms with Crippen LogP contribution in [0.15, 0.2) is 0 Å². The summed E-state index contributed by atoms with van der Waals surface area (Å²) in [7, 11) is 1.89. The van der Waals surface area contributed by atoms with Crippen molar-refractivity contribution in [1.29, 1.82) is 0 Å². The normalized spacial score (nSPS) is 31.8. The average molecular weight is 242 g/mol. The first-order valence-corrected chi connectivity index (χ1v) is 7.44. The molecule has 3 nitrogen and oxygen atoms in total. The topological polar surface area (TPSA) is 32.3 Å². The lowest BCUT2D eigenvalue weighted by Crippen LogP contribution is -2.51. The molecule has 0 bridgehead atoms. The average Bonchev–Trinajstić information content (AvgIpc) is 2.33. The summed E-state index contributed by atoms with van der Waals surface area (Å²) >= 11 is 2.05. The molecule has 92 valence electrons. The second-order valence-corrected chi connectivity index (χ2v) is 6.16. The second-order valence-electron chi connectivity index (χ2n) is 4.76. The van der Waals surface area contributed by atoms with Crippen molar-refractivity contribution < 1.29 is 4.79 Å². The zero-order chi connectivity index (χ0) is 11.4. The molecule has 2 atom stereocenters. The monoisotopic (exact) mass is 242 g/mol. The van der Waals surface area contributed by atoms with Crippen molar-refractivity contribution in [2.24, 2.45) is 0 Å². The highest BCUT2D eigenvalue weighted by atomic mass is 32.2. The summed E-state index contributed by atoms with van der Waals surface area (Å²) in [6.45, 7) is 1.94. The Balaban J connectivity index is 1.85. The quantitative estimate of drug-likeness (QED) is 0.813. The van der Waals surface area contributed by atoms with Gasteiger partial charge < -0.3 is 10.2 Å². The molecule has 4 heteroatoms. The van der Waals surface area contributed by atoms with Crippen LogP contribution in [0.4, 0.5) is 0 Å². The molecular weight excluding hydrogens is 220 g/mol. The molecule has 2 unspecified atom stereocenters. The molecule has 0 radical (unpaired) electrons. The van der Waals surface area contributed by atoms with Crippen LogP contribution in [-0.2, 0) is 4.79 Å². The maximum absolute atomic E-state index is 12.1. The van der Waals surface area contributed by atoms with Crippen LogP contribution in [-0.4, -0.2) is 48.0 Å². The van der Waals surface area contributed by atoms with Gasteiger partial charge in [0.05, 0.1) is 6.04 Å². The third-order valence-electron chi connectivity index (χ3n) is 3.58. The molecule has 1 N–H and O–H groups in total. The lowest BCUT2D eigenvalue weighted by atomic mass is 10.0. The van der Waals surface area contributed by atoms with Crippen molar-refractivity contribution in [3.05, 3.63) is 0 Å². The van der Waals surface area contributed by atoms with Gasteiger partial charge in [0.25, 0.3) is 0 Å². The van der Waals surface area contributed by atoms with Gasteiger partial charge in [-0.1, -0.05) is 6.42 Å². The largest absolute Gasteiger partial charge is 0.340 e. The summed E-state index contributed by atoms with van der Waals surface area (Å²) in [6.07, 6.45) is 6.14. The lowest BCUT2D eigenvalue weighted by Gasteiger charge is -2.35. The van der Waals surface area contributed by atoms with Crippen LogP contribution >= 0.6 is 11.8 Å². The number of hydrogen-bond donors (Lipinski definition) is 1. The first kappa shape index (κ1) is 12.2. The minimum absolute atomic E-state index is 0.0716. The second kappa shape index (κ2) is 5.92. The van der Waals surface area contributed by atoms with E-state index in [9.17, 15) is 4.79 Å². The van der Waals surface area contributed by atoms with Gasteiger partial charge in [-0.25, -0.2) is 0 Å². The van der Waals surface area contributed by atoms with Crippen LogP contribution in [0.5, 0.6) is 0 Å². The Morgan fingerprint density at radius 1 is 1.38 bits per heavy atom. The number of hydrogen-bond acceptors (Lipinski definition) is 3. The van der Waals surface area contributed by atoms with E-state index in [0.29, 0.717) is 11.2 Å². The highest BCUT2D eigenvalue weighted by Crippen LogP contribution is 2.26. The maximum atomic E-state index is 12.1. The summed E-state index contributed by atoms with van der Waals surface area (Å²) in [5, 5.41) is 3.81. The van der Waals surface area contributed by atoms with E-state index in [1.807, 2.05) is 7.05 Å². The number of nitrogens with one attached hydrogen (secondary N) is 1. The molecule has 2 saturated heterocycles. The Kier molecular flexibility index (Phi) is 4.53. The fraction of sp³-hybridized carbons (Fsp3) is 0.917. The number of likely N-dealkylation sites (N-methyl/N-ethyl adjacent to an activating group) is 1. The number of piperidine rings is 1. The van der Waals surface area contributed by atoms with E-state index in [0.717, 1.165) is 25.9 Å². The van der Waals surface area contributed by atoms with Crippen molar-refractivity contribution in [1.82, 2.24) is 10.2 Å². The first-order valence-electron chi connectivity index (χ1n) is 6.39. The van der Waals surface area contributed by atoms with E-state index in [1.165, 1.54) is 25.0 Å². The fourth-order valence-electron chi connectivity index (χ4n) is 2.59. The minimum atomic E-state index is 0.0716. The van der Waals surface area contributed by atoms with Gasteiger partial charge in [-0.15, -0.1) is 0 Å². The maximum Gasteiger partial charge on any atom is 0.239 e. The molecular formula is C12H22N2OS. The molecule has 1 amide bonds. The molecule has 2 aliphatic rings. The van der Waals surface area contributed by atoms with Crippen molar-refractivity contribution >= 4 is 17.7 Å². The highest BCUT2D eigenvalue weighted by molar-refractivity contribution is 7.99. The molecule has 0 saturated carbocycles. The van der Waals surface area contributed by atoms with Crippen LogP contribution in [0, 0.1) is 0 Å². The standard InChI is InChI=1S/C12H22N2OS/c1-13-11-6-4-7-14(12(11)15)9-10-5-2-3-8-16-10/h10-11,13H,2-9H2,1H3. The summed E-state index contributed by atoms with van der Waals surface area (Å²) in [4.78, 5) is 14.2. The molecule has 2 heterocycles. The highest BCUT2D eigenvalue weighted by Gasteiger charge is 2.29. The van der Waals surface area contributed by atoms with E-state index in [-0.39, 0.29) is 6.04 Å². The molecule has 2 rings (SSSR count).